The standard InChI is InChI=1S/C17H20N4O2.CH4/c1-17(2,23)10-15(22)20-16-19-13-8-7-11(18-3)9-14(13)21(16)12-5-4-6-12;/h7-9,12,23H,4-6,10H2,1-2H3,(H,19,20,22);1H4. The van der Waals surface area contributed by atoms with Crippen molar-refractivity contribution in [3.05, 3.63) is 29.6 Å². The number of imidazole rings is 1. The minimum atomic E-state index is -1.06. The summed E-state index contributed by atoms with van der Waals surface area (Å²) in [6.45, 7) is 10.4. The molecule has 0 bridgehead atoms. The third-order valence-electron chi connectivity index (χ3n) is 4.09. The van der Waals surface area contributed by atoms with Gasteiger partial charge in [0, 0.05) is 6.04 Å². The molecule has 0 atom stereocenters. The lowest BCUT2D eigenvalue weighted by Gasteiger charge is -2.29. The Labute approximate surface area is 142 Å². The maximum atomic E-state index is 12.1. The van der Waals surface area contributed by atoms with Crippen LogP contribution in [0.4, 0.5) is 11.6 Å². The lowest BCUT2D eigenvalue weighted by molar-refractivity contribution is -0.119. The molecule has 0 saturated heterocycles. The van der Waals surface area contributed by atoms with Gasteiger partial charge in [-0.2, -0.15) is 0 Å². The SMILES string of the molecule is C.[C-]#[N+]c1ccc2nc(NC(=O)CC(C)(C)O)n(C3CCC3)c2c1. The van der Waals surface area contributed by atoms with Crippen molar-refractivity contribution < 1.29 is 9.90 Å². The molecule has 1 aliphatic rings. The van der Waals surface area contributed by atoms with E-state index in [2.05, 4.69) is 15.1 Å². The van der Waals surface area contributed by atoms with Crippen molar-refractivity contribution in [2.24, 2.45) is 0 Å². The molecule has 0 spiro atoms. The summed E-state index contributed by atoms with van der Waals surface area (Å²) in [7, 11) is 0. The van der Waals surface area contributed by atoms with Crippen LogP contribution < -0.4 is 5.32 Å². The number of amides is 1. The fraction of sp³-hybridized carbons (Fsp3) is 0.500. The predicted molar refractivity (Wildman–Crippen MR) is 95.2 cm³/mol. The number of rotatable bonds is 4. The van der Waals surface area contributed by atoms with Gasteiger partial charge < -0.3 is 9.67 Å². The maximum Gasteiger partial charge on any atom is 0.229 e. The summed E-state index contributed by atoms with van der Waals surface area (Å²) < 4.78 is 2.02. The number of benzene rings is 1. The van der Waals surface area contributed by atoms with Gasteiger partial charge in [-0.05, 0) is 45.2 Å². The molecule has 1 amide bonds. The maximum absolute atomic E-state index is 12.1. The Morgan fingerprint density at radius 3 is 2.75 bits per heavy atom. The van der Waals surface area contributed by atoms with E-state index in [1.165, 1.54) is 0 Å². The summed E-state index contributed by atoms with van der Waals surface area (Å²) in [5.41, 5.74) is 1.14. The molecule has 1 aromatic carbocycles. The molecule has 128 valence electrons. The molecule has 2 aromatic rings. The Hall–Kier alpha value is -2.39. The molecular formula is C18H24N4O2. The Morgan fingerprint density at radius 2 is 2.21 bits per heavy atom. The first kappa shape index (κ1) is 18.0. The van der Waals surface area contributed by atoms with Crippen LogP contribution in [-0.4, -0.2) is 26.2 Å². The van der Waals surface area contributed by atoms with Crippen molar-refractivity contribution in [2.75, 3.05) is 5.32 Å². The molecule has 6 heteroatoms. The second-order valence-corrected chi connectivity index (χ2v) is 6.71. The van der Waals surface area contributed by atoms with E-state index in [1.54, 1.807) is 19.9 Å². The third kappa shape index (κ3) is 3.57. The molecule has 1 fully saturated rings. The summed E-state index contributed by atoms with van der Waals surface area (Å²) in [6.07, 6.45) is 3.25. The van der Waals surface area contributed by atoms with Crippen molar-refractivity contribution in [3.63, 3.8) is 0 Å². The normalized spacial score (nSPS) is 14.6. The van der Waals surface area contributed by atoms with E-state index in [0.29, 0.717) is 17.7 Å². The Balaban J connectivity index is 0.00000208. The van der Waals surface area contributed by atoms with Crippen molar-refractivity contribution in [2.45, 2.75) is 58.6 Å². The highest BCUT2D eigenvalue weighted by molar-refractivity contribution is 5.92. The number of carbonyl (C=O) groups excluding carboxylic acids is 1. The number of fused-ring (bicyclic) bond motifs is 1. The quantitative estimate of drug-likeness (QED) is 0.832. The summed E-state index contributed by atoms with van der Waals surface area (Å²) in [5.74, 6) is 0.236. The van der Waals surface area contributed by atoms with Crippen molar-refractivity contribution >= 4 is 28.6 Å². The summed E-state index contributed by atoms with van der Waals surface area (Å²) >= 11 is 0. The van der Waals surface area contributed by atoms with E-state index in [9.17, 15) is 9.90 Å². The summed E-state index contributed by atoms with van der Waals surface area (Å²) in [4.78, 5) is 20.1. The topological polar surface area (TPSA) is 71.5 Å². The zero-order valence-corrected chi connectivity index (χ0v) is 13.3. The third-order valence-corrected chi connectivity index (χ3v) is 4.09. The molecule has 6 nitrogen and oxygen atoms in total. The van der Waals surface area contributed by atoms with Crippen LogP contribution >= 0.6 is 0 Å². The van der Waals surface area contributed by atoms with Gasteiger partial charge in [-0.3, -0.25) is 10.1 Å². The van der Waals surface area contributed by atoms with Crippen LogP contribution in [0.25, 0.3) is 15.9 Å². The Kier molecular flexibility index (Phi) is 4.95. The average molecular weight is 328 g/mol. The molecule has 1 aromatic heterocycles. The van der Waals surface area contributed by atoms with Gasteiger partial charge in [0.25, 0.3) is 0 Å². The van der Waals surface area contributed by atoms with E-state index in [0.717, 1.165) is 30.3 Å². The van der Waals surface area contributed by atoms with E-state index in [-0.39, 0.29) is 19.8 Å². The molecule has 0 radical (unpaired) electrons. The number of aromatic nitrogens is 2. The molecule has 3 rings (SSSR count). The highest BCUT2D eigenvalue weighted by Gasteiger charge is 2.26. The van der Waals surface area contributed by atoms with Crippen LogP contribution in [0.2, 0.25) is 0 Å². The Morgan fingerprint density at radius 1 is 1.50 bits per heavy atom. The van der Waals surface area contributed by atoms with Gasteiger partial charge in [0.15, 0.2) is 5.69 Å². The van der Waals surface area contributed by atoms with Gasteiger partial charge in [0.2, 0.25) is 11.9 Å². The molecule has 1 heterocycles. The van der Waals surface area contributed by atoms with Gasteiger partial charge >= 0.3 is 0 Å². The fourth-order valence-electron chi connectivity index (χ4n) is 2.82. The predicted octanol–water partition coefficient (Wildman–Crippen LogP) is 4.05. The van der Waals surface area contributed by atoms with Crippen LogP contribution in [0.5, 0.6) is 0 Å². The van der Waals surface area contributed by atoms with Gasteiger partial charge in [-0.1, -0.05) is 13.5 Å². The van der Waals surface area contributed by atoms with E-state index in [4.69, 9.17) is 6.57 Å². The van der Waals surface area contributed by atoms with E-state index >= 15 is 0 Å². The smallest absolute Gasteiger partial charge is 0.229 e. The number of carbonyl (C=O) groups is 1. The molecule has 1 saturated carbocycles. The fourth-order valence-corrected chi connectivity index (χ4v) is 2.82. The first-order chi connectivity index (χ1) is 10.9. The molecular weight excluding hydrogens is 304 g/mol. The van der Waals surface area contributed by atoms with Crippen LogP contribution in [0.15, 0.2) is 18.2 Å². The first-order valence-corrected chi connectivity index (χ1v) is 7.79. The van der Waals surface area contributed by atoms with Gasteiger partial charge in [0.1, 0.15) is 0 Å². The minimum absolute atomic E-state index is 0. The number of aliphatic hydroxyl groups is 1. The lowest BCUT2D eigenvalue weighted by atomic mass is 9.92. The molecule has 2 N–H and O–H groups in total. The molecule has 0 unspecified atom stereocenters. The zero-order chi connectivity index (χ0) is 16.6. The van der Waals surface area contributed by atoms with Gasteiger partial charge in [0.05, 0.1) is 29.6 Å². The number of nitrogens with zero attached hydrogens (tertiary/aromatic N) is 3. The van der Waals surface area contributed by atoms with Crippen LogP contribution in [0, 0.1) is 6.57 Å². The number of hydrogen-bond donors (Lipinski definition) is 2. The number of hydrogen-bond acceptors (Lipinski definition) is 3. The highest BCUT2D eigenvalue weighted by Crippen LogP contribution is 2.38. The molecule has 0 aliphatic heterocycles. The first-order valence-electron chi connectivity index (χ1n) is 7.79. The lowest BCUT2D eigenvalue weighted by Crippen LogP contribution is -2.29. The second kappa shape index (κ2) is 6.62. The van der Waals surface area contributed by atoms with E-state index in [1.807, 2.05) is 16.7 Å². The second-order valence-electron chi connectivity index (χ2n) is 6.71. The van der Waals surface area contributed by atoms with Crippen molar-refractivity contribution in [3.8, 4) is 0 Å². The number of nitrogens with one attached hydrogen (secondary N) is 1. The van der Waals surface area contributed by atoms with Crippen molar-refractivity contribution in [1.29, 1.82) is 0 Å². The van der Waals surface area contributed by atoms with Gasteiger partial charge in [-0.25, -0.2) is 9.83 Å². The van der Waals surface area contributed by atoms with Crippen LogP contribution in [-0.2, 0) is 4.79 Å². The summed E-state index contributed by atoms with van der Waals surface area (Å²) in [5, 5.41) is 12.6. The monoisotopic (exact) mass is 328 g/mol. The summed E-state index contributed by atoms with van der Waals surface area (Å²) in [6, 6.07) is 5.66. The molecule has 24 heavy (non-hydrogen) atoms. The Bertz CT molecular complexity index is 792. The average Bonchev–Trinajstić information content (AvgIpc) is 2.72. The zero-order valence-electron chi connectivity index (χ0n) is 13.3. The van der Waals surface area contributed by atoms with Crippen LogP contribution in [0.1, 0.15) is 53.0 Å². The number of anilines is 1. The van der Waals surface area contributed by atoms with Gasteiger partial charge in [-0.15, -0.1) is 0 Å². The van der Waals surface area contributed by atoms with E-state index < -0.39 is 5.60 Å². The highest BCUT2D eigenvalue weighted by atomic mass is 16.3. The largest absolute Gasteiger partial charge is 0.390 e. The van der Waals surface area contributed by atoms with Crippen LogP contribution in [0.3, 0.4) is 0 Å². The molecule has 1 aliphatic carbocycles. The van der Waals surface area contributed by atoms with Crippen molar-refractivity contribution in [1.82, 2.24) is 9.55 Å². The minimum Gasteiger partial charge on any atom is -0.390 e.